The number of nitrogens with zero attached hydrogens (tertiary/aromatic N) is 3. The third-order valence-electron chi connectivity index (χ3n) is 4.16. The molecule has 1 N–H and O–H groups in total. The van der Waals surface area contributed by atoms with Gasteiger partial charge in [0.15, 0.2) is 0 Å². The molecule has 4 heteroatoms. The average Bonchev–Trinajstić information content (AvgIpc) is 2.88. The van der Waals surface area contributed by atoms with Crippen molar-refractivity contribution in [1.82, 2.24) is 14.5 Å². The normalized spacial score (nSPS) is 13.2. The molecule has 0 saturated heterocycles. The zero-order valence-electron chi connectivity index (χ0n) is 13.4. The molecule has 116 valence electrons. The Hall–Kier alpha value is -1.39. The summed E-state index contributed by atoms with van der Waals surface area (Å²) < 4.78 is 2.29. The Balaban J connectivity index is 2.49. The zero-order valence-corrected chi connectivity index (χ0v) is 13.4. The molecule has 1 unspecified atom stereocenters. The monoisotopic (exact) mass is 289 g/mol. The molecule has 0 spiro atoms. The summed E-state index contributed by atoms with van der Waals surface area (Å²) in [7, 11) is 0. The van der Waals surface area contributed by atoms with Crippen molar-refractivity contribution in [2.24, 2.45) is 0 Å². The maximum absolute atomic E-state index is 9.18. The van der Waals surface area contributed by atoms with E-state index in [1.807, 2.05) is 6.07 Å². The summed E-state index contributed by atoms with van der Waals surface area (Å²) in [5.41, 5.74) is 2.22. The first-order valence-corrected chi connectivity index (χ1v) is 8.06. The van der Waals surface area contributed by atoms with Crippen molar-refractivity contribution in [1.29, 1.82) is 0 Å². The highest BCUT2D eigenvalue weighted by Crippen LogP contribution is 2.27. The highest BCUT2D eigenvalue weighted by molar-refractivity contribution is 5.76. The van der Waals surface area contributed by atoms with E-state index in [9.17, 15) is 5.11 Å². The molecule has 1 aromatic carbocycles. The Labute approximate surface area is 127 Å². The Morgan fingerprint density at radius 3 is 2.52 bits per heavy atom. The summed E-state index contributed by atoms with van der Waals surface area (Å²) in [6.07, 6.45) is 1.81. The molecule has 1 atom stereocenters. The molecule has 0 aliphatic heterocycles. The molecule has 0 aliphatic rings. The van der Waals surface area contributed by atoms with Crippen LogP contribution < -0.4 is 0 Å². The lowest BCUT2D eigenvalue weighted by atomic mass is 10.1. The molecule has 0 aliphatic carbocycles. The molecule has 1 aromatic heterocycles. The smallest absolute Gasteiger partial charge is 0.127 e. The maximum atomic E-state index is 9.18. The Kier molecular flexibility index (Phi) is 5.76. The van der Waals surface area contributed by atoms with Crippen LogP contribution in [-0.2, 0) is 6.54 Å². The van der Waals surface area contributed by atoms with E-state index in [0.29, 0.717) is 6.04 Å². The lowest BCUT2D eigenvalue weighted by molar-refractivity contribution is 0.199. The van der Waals surface area contributed by atoms with Gasteiger partial charge in [-0.25, -0.2) is 4.98 Å². The van der Waals surface area contributed by atoms with Crippen molar-refractivity contribution in [3.63, 3.8) is 0 Å². The van der Waals surface area contributed by atoms with Gasteiger partial charge in [0.25, 0.3) is 0 Å². The minimum absolute atomic E-state index is 0.216. The van der Waals surface area contributed by atoms with Gasteiger partial charge in [-0.1, -0.05) is 32.9 Å². The molecular weight excluding hydrogens is 262 g/mol. The summed E-state index contributed by atoms with van der Waals surface area (Å²) in [6.45, 7) is 9.72. The van der Waals surface area contributed by atoms with Crippen molar-refractivity contribution in [2.75, 3.05) is 19.7 Å². The summed E-state index contributed by atoms with van der Waals surface area (Å²) in [5, 5.41) is 9.18. The van der Waals surface area contributed by atoms with E-state index in [2.05, 4.69) is 48.4 Å². The van der Waals surface area contributed by atoms with Gasteiger partial charge in [-0.05, 0) is 38.1 Å². The molecule has 0 saturated carbocycles. The van der Waals surface area contributed by atoms with Gasteiger partial charge in [-0.2, -0.15) is 0 Å². The number of rotatable bonds is 8. The fourth-order valence-electron chi connectivity index (χ4n) is 3.08. The molecule has 0 amide bonds. The van der Waals surface area contributed by atoms with Gasteiger partial charge in [-0.3, -0.25) is 4.90 Å². The highest BCUT2D eigenvalue weighted by atomic mass is 16.3. The SMILES string of the molecule is CCC(c1nc2ccccc2n1CCCO)N(CC)CC. The second kappa shape index (κ2) is 7.57. The summed E-state index contributed by atoms with van der Waals surface area (Å²) in [6, 6.07) is 8.63. The first-order chi connectivity index (χ1) is 10.3. The van der Waals surface area contributed by atoms with Crippen molar-refractivity contribution < 1.29 is 5.11 Å². The van der Waals surface area contributed by atoms with Gasteiger partial charge in [0, 0.05) is 13.2 Å². The van der Waals surface area contributed by atoms with Crippen LogP contribution in [0.25, 0.3) is 11.0 Å². The zero-order chi connectivity index (χ0) is 15.2. The predicted molar refractivity (Wildman–Crippen MR) is 87.4 cm³/mol. The quantitative estimate of drug-likeness (QED) is 0.811. The number of hydrogen-bond acceptors (Lipinski definition) is 3. The van der Waals surface area contributed by atoms with Crippen molar-refractivity contribution in [3.05, 3.63) is 30.1 Å². The summed E-state index contributed by atoms with van der Waals surface area (Å²) in [5.74, 6) is 1.14. The van der Waals surface area contributed by atoms with E-state index >= 15 is 0 Å². The summed E-state index contributed by atoms with van der Waals surface area (Å²) >= 11 is 0. The second-order valence-electron chi connectivity index (χ2n) is 5.33. The van der Waals surface area contributed by atoms with Crippen LogP contribution >= 0.6 is 0 Å². The fourth-order valence-corrected chi connectivity index (χ4v) is 3.08. The van der Waals surface area contributed by atoms with E-state index in [4.69, 9.17) is 4.98 Å². The molecule has 0 fully saturated rings. The molecule has 1 heterocycles. The predicted octanol–water partition coefficient (Wildman–Crippen LogP) is 3.21. The molecule has 21 heavy (non-hydrogen) atoms. The molecule has 2 aromatic rings. The van der Waals surface area contributed by atoms with Gasteiger partial charge in [0.2, 0.25) is 0 Å². The first-order valence-electron chi connectivity index (χ1n) is 8.06. The third kappa shape index (κ3) is 3.27. The largest absolute Gasteiger partial charge is 0.396 e. The summed E-state index contributed by atoms with van der Waals surface area (Å²) in [4.78, 5) is 7.35. The number of aliphatic hydroxyl groups is 1. The van der Waals surface area contributed by atoms with Crippen LogP contribution in [0.1, 0.15) is 45.5 Å². The van der Waals surface area contributed by atoms with Gasteiger partial charge >= 0.3 is 0 Å². The van der Waals surface area contributed by atoms with Crippen molar-refractivity contribution >= 4 is 11.0 Å². The van der Waals surface area contributed by atoms with Crippen LogP contribution in [0.2, 0.25) is 0 Å². The van der Waals surface area contributed by atoms with Crippen LogP contribution in [0.15, 0.2) is 24.3 Å². The van der Waals surface area contributed by atoms with Crippen LogP contribution in [0, 0.1) is 0 Å². The Morgan fingerprint density at radius 1 is 1.19 bits per heavy atom. The number of fused-ring (bicyclic) bond motifs is 1. The fraction of sp³-hybridized carbons (Fsp3) is 0.588. The lowest BCUT2D eigenvalue weighted by Crippen LogP contribution is -2.30. The van der Waals surface area contributed by atoms with Crippen LogP contribution in [-0.4, -0.2) is 39.3 Å². The number of benzene rings is 1. The molecular formula is C17H27N3O. The standard InChI is InChI=1S/C17H27N3O/c1-4-15(19(5-2)6-3)17-18-14-10-7-8-11-16(14)20(17)12-9-13-21/h7-8,10-11,15,21H,4-6,9,12-13H2,1-3H3. The topological polar surface area (TPSA) is 41.3 Å². The number of para-hydroxylation sites is 2. The van der Waals surface area contributed by atoms with Crippen molar-refractivity contribution in [3.8, 4) is 0 Å². The van der Waals surface area contributed by atoms with Crippen LogP contribution in [0.5, 0.6) is 0 Å². The lowest BCUT2D eigenvalue weighted by Gasteiger charge is -2.28. The van der Waals surface area contributed by atoms with Gasteiger partial charge in [-0.15, -0.1) is 0 Å². The van der Waals surface area contributed by atoms with E-state index in [1.165, 1.54) is 5.52 Å². The molecule has 0 bridgehead atoms. The van der Waals surface area contributed by atoms with Gasteiger partial charge in [0.05, 0.1) is 17.1 Å². The third-order valence-corrected chi connectivity index (χ3v) is 4.16. The van der Waals surface area contributed by atoms with Gasteiger partial charge in [0.1, 0.15) is 5.82 Å². The number of hydrogen-bond donors (Lipinski definition) is 1. The van der Waals surface area contributed by atoms with Gasteiger partial charge < -0.3 is 9.67 Å². The van der Waals surface area contributed by atoms with E-state index < -0.39 is 0 Å². The highest BCUT2D eigenvalue weighted by Gasteiger charge is 2.22. The van der Waals surface area contributed by atoms with E-state index in [1.54, 1.807) is 0 Å². The number of aromatic nitrogens is 2. The molecule has 2 rings (SSSR count). The maximum Gasteiger partial charge on any atom is 0.127 e. The van der Waals surface area contributed by atoms with Crippen LogP contribution in [0.4, 0.5) is 0 Å². The minimum atomic E-state index is 0.216. The Morgan fingerprint density at radius 2 is 1.90 bits per heavy atom. The number of aliphatic hydroxyl groups excluding tert-OH is 1. The number of imidazole rings is 1. The second-order valence-corrected chi connectivity index (χ2v) is 5.33. The molecule has 0 radical (unpaired) electrons. The van der Waals surface area contributed by atoms with Crippen LogP contribution in [0.3, 0.4) is 0 Å². The molecule has 4 nitrogen and oxygen atoms in total. The minimum Gasteiger partial charge on any atom is -0.396 e. The Bertz CT molecular complexity index is 560. The number of aryl methyl sites for hydroxylation is 1. The first kappa shape index (κ1) is 16.0. The van der Waals surface area contributed by atoms with Crippen molar-refractivity contribution in [2.45, 2.75) is 46.2 Å². The van der Waals surface area contributed by atoms with E-state index in [-0.39, 0.29) is 6.61 Å². The average molecular weight is 289 g/mol. The van der Waals surface area contributed by atoms with E-state index in [0.717, 1.165) is 43.8 Å².